The number of ether oxygens (including phenoxy) is 1. The number of carbonyl (C=O) groups is 4. The summed E-state index contributed by atoms with van der Waals surface area (Å²) < 4.78 is 19.4. The van der Waals surface area contributed by atoms with E-state index in [1.807, 2.05) is 0 Å². The van der Waals surface area contributed by atoms with Gasteiger partial charge in [-0.2, -0.15) is 0 Å². The average Bonchev–Trinajstić information content (AvgIpc) is 2.60. The van der Waals surface area contributed by atoms with Crippen molar-refractivity contribution in [3.8, 4) is 0 Å². The Morgan fingerprint density at radius 2 is 1.96 bits per heavy atom. The molecular weight excluding hydrogens is 359 g/mol. The molecule has 0 radical (unpaired) electrons. The molecule has 1 atom stereocenters. The molecule has 0 bridgehead atoms. The molecule has 27 heavy (non-hydrogen) atoms. The number of primary amides is 1. The van der Waals surface area contributed by atoms with Crippen molar-refractivity contribution < 1.29 is 28.3 Å². The summed E-state index contributed by atoms with van der Waals surface area (Å²) in [6, 6.07) is 2.13. The fraction of sp³-hybridized carbons (Fsp3) is 0.412. The fourth-order valence-corrected chi connectivity index (χ4v) is 2.37. The Morgan fingerprint density at radius 1 is 1.26 bits per heavy atom. The largest absolute Gasteiger partial charge is 0.370 e. The van der Waals surface area contributed by atoms with Gasteiger partial charge in [0.05, 0.1) is 12.3 Å². The van der Waals surface area contributed by atoms with E-state index < -0.39 is 35.5 Å². The van der Waals surface area contributed by atoms with E-state index in [0.717, 1.165) is 6.07 Å². The van der Waals surface area contributed by atoms with Crippen LogP contribution >= 0.6 is 0 Å². The zero-order chi connectivity index (χ0) is 20.1. The monoisotopic (exact) mass is 380 g/mol. The summed E-state index contributed by atoms with van der Waals surface area (Å²) in [7, 11) is 0. The molecule has 1 fully saturated rings. The molecule has 0 spiro atoms. The zero-order valence-corrected chi connectivity index (χ0v) is 15.0. The smallest absolute Gasteiger partial charge is 0.256 e. The zero-order valence-electron chi connectivity index (χ0n) is 15.0. The number of hydrogen-bond donors (Lipinski definition) is 3. The molecule has 1 saturated heterocycles. The van der Waals surface area contributed by atoms with Crippen LogP contribution in [0.2, 0.25) is 0 Å². The van der Waals surface area contributed by atoms with Crippen molar-refractivity contribution in [3.05, 3.63) is 24.0 Å². The molecule has 1 aliphatic rings. The van der Waals surface area contributed by atoms with Gasteiger partial charge in [0.25, 0.3) is 11.8 Å². The number of anilines is 2. The van der Waals surface area contributed by atoms with Crippen LogP contribution in [0.25, 0.3) is 0 Å². The minimum Gasteiger partial charge on any atom is -0.370 e. The Hall–Kier alpha value is -3.01. The van der Waals surface area contributed by atoms with Gasteiger partial charge in [0.2, 0.25) is 11.8 Å². The quantitative estimate of drug-likeness (QED) is 0.586. The molecule has 1 aliphatic heterocycles. The first-order valence-corrected chi connectivity index (χ1v) is 8.29. The topological polar surface area (TPSA) is 131 Å². The van der Waals surface area contributed by atoms with E-state index in [4.69, 9.17) is 10.5 Å². The van der Waals surface area contributed by atoms with E-state index in [1.54, 1.807) is 13.8 Å². The molecule has 146 valence electrons. The predicted octanol–water partition coefficient (Wildman–Crippen LogP) is -0.246. The lowest BCUT2D eigenvalue weighted by atomic mass is 10.1. The second kappa shape index (κ2) is 8.58. The minimum atomic E-state index is -1.59. The number of benzene rings is 1. The number of halogens is 1. The Kier molecular flexibility index (Phi) is 6.45. The molecule has 0 aliphatic carbocycles. The van der Waals surface area contributed by atoms with E-state index in [1.165, 1.54) is 17.0 Å². The maximum atomic E-state index is 14.4. The molecule has 0 unspecified atom stereocenters. The standard InChI is InChI=1S/C17H21FN4O5/c1-9(2)16(25)21-14(15(19)24)17(26)20-10-3-4-12(11(18)7-10)22-5-6-27-8-13(22)23/h3-4,7,9,14H,5-6,8H2,1-2H3,(H2,19,24)(H,20,26)(H,21,25)/t14-/m0/s1. The minimum absolute atomic E-state index is 0.0482. The van der Waals surface area contributed by atoms with Gasteiger partial charge in [-0.15, -0.1) is 0 Å². The second-order valence-electron chi connectivity index (χ2n) is 6.25. The molecule has 1 heterocycles. The lowest BCUT2D eigenvalue weighted by Gasteiger charge is -2.27. The van der Waals surface area contributed by atoms with Gasteiger partial charge in [0, 0.05) is 18.2 Å². The number of amides is 4. The maximum Gasteiger partial charge on any atom is 0.256 e. The van der Waals surface area contributed by atoms with Gasteiger partial charge in [-0.3, -0.25) is 19.2 Å². The average molecular weight is 380 g/mol. The molecule has 2 rings (SSSR count). The van der Waals surface area contributed by atoms with Crippen molar-refractivity contribution >= 4 is 35.0 Å². The van der Waals surface area contributed by atoms with Gasteiger partial charge in [-0.05, 0) is 18.2 Å². The highest BCUT2D eigenvalue weighted by Gasteiger charge is 2.28. The molecule has 0 saturated carbocycles. The third-order valence-electron chi connectivity index (χ3n) is 3.85. The molecule has 1 aromatic carbocycles. The molecular formula is C17H21FN4O5. The lowest BCUT2D eigenvalue weighted by molar-refractivity contribution is -0.134. The van der Waals surface area contributed by atoms with Crippen molar-refractivity contribution in [1.29, 1.82) is 0 Å². The van der Waals surface area contributed by atoms with Crippen LogP contribution < -0.4 is 21.3 Å². The van der Waals surface area contributed by atoms with E-state index in [9.17, 15) is 23.6 Å². The summed E-state index contributed by atoms with van der Waals surface area (Å²) >= 11 is 0. The summed E-state index contributed by atoms with van der Waals surface area (Å²) in [5.74, 6) is -4.03. The van der Waals surface area contributed by atoms with Crippen molar-refractivity contribution in [1.82, 2.24) is 5.32 Å². The number of rotatable bonds is 6. The normalized spacial score (nSPS) is 15.4. The van der Waals surface area contributed by atoms with E-state index in [2.05, 4.69) is 10.6 Å². The van der Waals surface area contributed by atoms with Gasteiger partial charge in [-0.25, -0.2) is 4.39 Å². The van der Waals surface area contributed by atoms with Crippen LogP contribution in [0.4, 0.5) is 15.8 Å². The van der Waals surface area contributed by atoms with Gasteiger partial charge >= 0.3 is 0 Å². The molecule has 1 aromatic rings. The highest BCUT2D eigenvalue weighted by molar-refractivity contribution is 6.11. The molecule has 4 amide bonds. The first-order chi connectivity index (χ1) is 12.7. The van der Waals surface area contributed by atoms with Crippen LogP contribution in [0.15, 0.2) is 18.2 Å². The van der Waals surface area contributed by atoms with Crippen LogP contribution in [0, 0.1) is 11.7 Å². The van der Waals surface area contributed by atoms with E-state index >= 15 is 0 Å². The Labute approximate surface area is 155 Å². The Balaban J connectivity index is 2.12. The van der Waals surface area contributed by atoms with Gasteiger partial charge in [-0.1, -0.05) is 13.8 Å². The first kappa shape index (κ1) is 20.3. The van der Waals surface area contributed by atoms with Crippen LogP contribution in [-0.2, 0) is 23.9 Å². The highest BCUT2D eigenvalue weighted by atomic mass is 19.1. The van der Waals surface area contributed by atoms with Crippen LogP contribution in [-0.4, -0.2) is 49.4 Å². The van der Waals surface area contributed by atoms with Gasteiger partial charge in [0.15, 0.2) is 6.04 Å². The third-order valence-corrected chi connectivity index (χ3v) is 3.85. The summed E-state index contributed by atoms with van der Waals surface area (Å²) in [5, 5.41) is 4.56. The Bertz CT molecular complexity index is 768. The third kappa shape index (κ3) is 5.00. The van der Waals surface area contributed by atoms with E-state index in [0.29, 0.717) is 6.61 Å². The summed E-state index contributed by atoms with van der Waals surface area (Å²) in [6.45, 7) is 3.55. The second-order valence-corrected chi connectivity index (χ2v) is 6.25. The van der Waals surface area contributed by atoms with Gasteiger partial charge in [0.1, 0.15) is 12.4 Å². The SMILES string of the molecule is CC(C)C(=O)N[C@@H](C(N)=O)C(=O)Nc1ccc(N2CCOCC2=O)c(F)c1. The van der Waals surface area contributed by atoms with E-state index in [-0.39, 0.29) is 30.4 Å². The molecule has 9 nitrogen and oxygen atoms in total. The summed E-state index contributed by atoms with van der Waals surface area (Å²) in [4.78, 5) is 48.5. The number of hydrogen-bond acceptors (Lipinski definition) is 5. The fourth-order valence-electron chi connectivity index (χ4n) is 2.37. The Morgan fingerprint density at radius 3 is 2.52 bits per heavy atom. The van der Waals surface area contributed by atoms with Crippen molar-refractivity contribution in [2.75, 3.05) is 30.0 Å². The van der Waals surface area contributed by atoms with Crippen LogP contribution in [0.1, 0.15) is 13.8 Å². The highest BCUT2D eigenvalue weighted by Crippen LogP contribution is 2.24. The predicted molar refractivity (Wildman–Crippen MR) is 94.2 cm³/mol. The first-order valence-electron chi connectivity index (χ1n) is 8.29. The number of nitrogens with two attached hydrogens (primary N) is 1. The molecule has 10 heteroatoms. The van der Waals surface area contributed by atoms with Crippen LogP contribution in [0.5, 0.6) is 0 Å². The summed E-state index contributed by atoms with van der Waals surface area (Å²) in [6.07, 6.45) is 0. The van der Waals surface area contributed by atoms with Crippen molar-refractivity contribution in [3.63, 3.8) is 0 Å². The number of nitrogens with zero attached hydrogens (tertiary/aromatic N) is 1. The van der Waals surface area contributed by atoms with Crippen LogP contribution in [0.3, 0.4) is 0 Å². The summed E-state index contributed by atoms with van der Waals surface area (Å²) in [5.41, 5.74) is 5.27. The van der Waals surface area contributed by atoms with Crippen molar-refractivity contribution in [2.45, 2.75) is 19.9 Å². The lowest BCUT2D eigenvalue weighted by Crippen LogP contribution is -2.52. The van der Waals surface area contributed by atoms with Crippen molar-refractivity contribution in [2.24, 2.45) is 11.7 Å². The maximum absolute atomic E-state index is 14.4. The molecule has 4 N–H and O–H groups in total. The number of nitrogens with one attached hydrogen (secondary N) is 2. The van der Waals surface area contributed by atoms with Gasteiger partial charge < -0.3 is 26.0 Å². The number of morpholine rings is 1. The number of carbonyl (C=O) groups excluding carboxylic acids is 4. The molecule has 0 aromatic heterocycles.